The van der Waals surface area contributed by atoms with Crippen molar-refractivity contribution >= 4 is 17.5 Å². The topological polar surface area (TPSA) is 80.6 Å². The van der Waals surface area contributed by atoms with Gasteiger partial charge in [-0.25, -0.2) is 0 Å². The van der Waals surface area contributed by atoms with E-state index in [2.05, 4.69) is 15.4 Å². The van der Waals surface area contributed by atoms with Gasteiger partial charge in [0.2, 0.25) is 0 Å². The summed E-state index contributed by atoms with van der Waals surface area (Å²) in [5.74, 6) is -0.510. The third-order valence-electron chi connectivity index (χ3n) is 3.75. The van der Waals surface area contributed by atoms with Crippen molar-refractivity contribution in [2.24, 2.45) is 0 Å². The highest BCUT2D eigenvalue weighted by Gasteiger charge is 2.10. The maximum absolute atomic E-state index is 12.1. The predicted octanol–water partition coefficient (Wildman–Crippen LogP) is 4.06. The highest BCUT2D eigenvalue weighted by atomic mass is 19.3. The zero-order valence-electron chi connectivity index (χ0n) is 14.5. The number of rotatable bonds is 7. The minimum absolute atomic E-state index is 0.0151. The van der Waals surface area contributed by atoms with Gasteiger partial charge in [-0.3, -0.25) is 9.59 Å². The van der Waals surface area contributed by atoms with Crippen molar-refractivity contribution in [1.82, 2.24) is 5.32 Å². The molecule has 1 heterocycles. The van der Waals surface area contributed by atoms with Gasteiger partial charge < -0.3 is 19.8 Å². The molecule has 0 radical (unpaired) electrons. The summed E-state index contributed by atoms with van der Waals surface area (Å²) in [6.07, 6.45) is 1.42. The molecule has 6 nitrogen and oxygen atoms in total. The summed E-state index contributed by atoms with van der Waals surface area (Å²) in [5, 5.41) is 5.42. The van der Waals surface area contributed by atoms with Crippen LogP contribution in [0.5, 0.6) is 5.75 Å². The Balaban J connectivity index is 1.51. The van der Waals surface area contributed by atoms with Gasteiger partial charge >= 0.3 is 6.61 Å². The second-order valence-electron chi connectivity index (χ2n) is 5.71. The summed E-state index contributed by atoms with van der Waals surface area (Å²) in [4.78, 5) is 24.0. The van der Waals surface area contributed by atoms with Gasteiger partial charge in [0.05, 0.1) is 6.26 Å². The molecule has 0 atom stereocenters. The Labute approximate surface area is 159 Å². The monoisotopic (exact) mass is 386 g/mol. The number of carbonyl (C=O) groups excluding carboxylic acids is 2. The number of hydrogen-bond acceptors (Lipinski definition) is 4. The fraction of sp³-hybridized carbons (Fsp3) is 0.100. The molecule has 0 aliphatic rings. The largest absolute Gasteiger partial charge is 0.459 e. The van der Waals surface area contributed by atoms with Gasteiger partial charge in [0.25, 0.3) is 11.8 Å². The molecule has 0 saturated heterocycles. The average Bonchev–Trinajstić information content (AvgIpc) is 3.22. The molecule has 2 aromatic carbocycles. The van der Waals surface area contributed by atoms with E-state index in [0.717, 1.165) is 5.56 Å². The lowest BCUT2D eigenvalue weighted by molar-refractivity contribution is -0.0498. The quantitative estimate of drug-likeness (QED) is 0.642. The van der Waals surface area contributed by atoms with Crippen LogP contribution in [0.2, 0.25) is 0 Å². The van der Waals surface area contributed by atoms with Crippen molar-refractivity contribution in [2.45, 2.75) is 13.2 Å². The average molecular weight is 386 g/mol. The van der Waals surface area contributed by atoms with Crippen LogP contribution in [-0.2, 0) is 6.54 Å². The maximum atomic E-state index is 12.1. The molecule has 1 aromatic heterocycles. The molecule has 0 fully saturated rings. The van der Waals surface area contributed by atoms with Gasteiger partial charge in [-0.1, -0.05) is 12.1 Å². The summed E-state index contributed by atoms with van der Waals surface area (Å²) < 4.78 is 33.5. The molecule has 2 amide bonds. The summed E-state index contributed by atoms with van der Waals surface area (Å²) in [7, 11) is 0. The van der Waals surface area contributed by atoms with Crippen LogP contribution >= 0.6 is 0 Å². The first-order valence-corrected chi connectivity index (χ1v) is 8.28. The zero-order chi connectivity index (χ0) is 19.9. The molecular formula is C20H16F2N2O4. The molecule has 0 aliphatic carbocycles. The number of ether oxygens (including phenoxy) is 1. The molecule has 2 N–H and O–H groups in total. The lowest BCUT2D eigenvalue weighted by Crippen LogP contribution is -2.22. The molecule has 0 saturated carbocycles. The van der Waals surface area contributed by atoms with E-state index >= 15 is 0 Å². The molecule has 3 rings (SSSR count). The number of amides is 2. The van der Waals surface area contributed by atoms with Crippen LogP contribution in [0.1, 0.15) is 26.5 Å². The van der Waals surface area contributed by atoms with Crippen LogP contribution in [0.25, 0.3) is 0 Å². The highest BCUT2D eigenvalue weighted by Crippen LogP contribution is 2.15. The minimum Gasteiger partial charge on any atom is -0.459 e. The fourth-order valence-corrected chi connectivity index (χ4v) is 2.38. The third-order valence-corrected chi connectivity index (χ3v) is 3.75. The van der Waals surface area contributed by atoms with Crippen molar-refractivity contribution in [2.75, 3.05) is 5.32 Å². The van der Waals surface area contributed by atoms with E-state index in [1.54, 1.807) is 36.4 Å². The van der Waals surface area contributed by atoms with Crippen molar-refractivity contribution in [3.05, 3.63) is 83.8 Å². The normalized spacial score (nSPS) is 10.5. The highest BCUT2D eigenvalue weighted by molar-refractivity contribution is 6.02. The second kappa shape index (κ2) is 8.81. The minimum atomic E-state index is -2.91. The Morgan fingerprint density at radius 3 is 2.29 bits per heavy atom. The molecule has 28 heavy (non-hydrogen) atoms. The number of anilines is 1. The first kappa shape index (κ1) is 19.1. The van der Waals surface area contributed by atoms with E-state index in [4.69, 9.17) is 4.42 Å². The second-order valence-corrected chi connectivity index (χ2v) is 5.71. The van der Waals surface area contributed by atoms with Gasteiger partial charge in [0, 0.05) is 17.8 Å². The molecule has 8 heteroatoms. The first-order chi connectivity index (χ1) is 13.5. The Kier molecular flexibility index (Phi) is 6.01. The van der Waals surface area contributed by atoms with Crippen LogP contribution in [0, 0.1) is 0 Å². The Morgan fingerprint density at radius 2 is 1.68 bits per heavy atom. The number of benzene rings is 2. The van der Waals surface area contributed by atoms with Gasteiger partial charge in [-0.2, -0.15) is 8.78 Å². The van der Waals surface area contributed by atoms with Gasteiger partial charge in [0.15, 0.2) is 5.76 Å². The number of alkyl halides is 2. The molecule has 144 valence electrons. The van der Waals surface area contributed by atoms with Crippen LogP contribution in [-0.4, -0.2) is 18.4 Å². The fourth-order valence-electron chi connectivity index (χ4n) is 2.38. The van der Waals surface area contributed by atoms with Crippen molar-refractivity contribution in [3.8, 4) is 5.75 Å². The van der Waals surface area contributed by atoms with Gasteiger partial charge in [0.1, 0.15) is 5.75 Å². The Bertz CT molecular complexity index is 924. The van der Waals surface area contributed by atoms with E-state index in [1.165, 1.54) is 30.5 Å². The lowest BCUT2D eigenvalue weighted by Gasteiger charge is -2.08. The Hall–Kier alpha value is -3.68. The smallest absolute Gasteiger partial charge is 0.387 e. The van der Waals surface area contributed by atoms with Crippen LogP contribution < -0.4 is 15.4 Å². The van der Waals surface area contributed by atoms with E-state index in [1.807, 2.05) is 0 Å². The maximum Gasteiger partial charge on any atom is 0.387 e. The van der Waals surface area contributed by atoms with E-state index < -0.39 is 6.61 Å². The number of hydrogen-bond donors (Lipinski definition) is 2. The molecule has 0 bridgehead atoms. The number of carbonyl (C=O) groups is 2. The van der Waals surface area contributed by atoms with Crippen molar-refractivity contribution in [3.63, 3.8) is 0 Å². The zero-order valence-corrected chi connectivity index (χ0v) is 14.5. The van der Waals surface area contributed by atoms with E-state index in [9.17, 15) is 18.4 Å². The molecular weight excluding hydrogens is 370 g/mol. The van der Waals surface area contributed by atoms with E-state index in [0.29, 0.717) is 11.3 Å². The van der Waals surface area contributed by atoms with Gasteiger partial charge in [-0.15, -0.1) is 0 Å². The Morgan fingerprint density at radius 1 is 0.964 bits per heavy atom. The van der Waals surface area contributed by atoms with Crippen LogP contribution in [0.4, 0.5) is 14.5 Å². The SMILES string of the molecule is O=C(NCc1ccc(NC(=O)c2ccco2)cc1)c1ccc(OC(F)F)cc1. The summed E-state index contributed by atoms with van der Waals surface area (Å²) in [6, 6.07) is 15.5. The molecule has 0 unspecified atom stereocenters. The van der Waals surface area contributed by atoms with E-state index in [-0.39, 0.29) is 29.9 Å². The predicted molar refractivity (Wildman–Crippen MR) is 97.3 cm³/mol. The molecule has 3 aromatic rings. The third kappa shape index (κ3) is 5.16. The number of halogens is 2. The van der Waals surface area contributed by atoms with Gasteiger partial charge in [-0.05, 0) is 54.1 Å². The van der Waals surface area contributed by atoms with Crippen molar-refractivity contribution < 1.29 is 27.5 Å². The lowest BCUT2D eigenvalue weighted by atomic mass is 10.1. The standard InChI is InChI=1S/C20H16F2N2O4/c21-20(22)28-16-9-5-14(6-10-16)18(25)23-12-13-3-7-15(8-4-13)24-19(26)17-2-1-11-27-17/h1-11,20H,12H2,(H,23,25)(H,24,26). The first-order valence-electron chi connectivity index (χ1n) is 8.28. The molecule has 0 spiro atoms. The van der Waals surface area contributed by atoms with Crippen LogP contribution in [0.3, 0.4) is 0 Å². The number of nitrogens with one attached hydrogen (secondary N) is 2. The number of furan rings is 1. The summed E-state index contributed by atoms with van der Waals surface area (Å²) in [6.45, 7) is -2.65. The van der Waals surface area contributed by atoms with Crippen molar-refractivity contribution in [1.29, 1.82) is 0 Å². The molecule has 0 aliphatic heterocycles. The summed E-state index contributed by atoms with van der Waals surface area (Å²) in [5.41, 5.74) is 1.73. The summed E-state index contributed by atoms with van der Waals surface area (Å²) >= 11 is 0. The van der Waals surface area contributed by atoms with Crippen LogP contribution in [0.15, 0.2) is 71.3 Å².